The molecule has 2 aliphatic carbocycles. The third kappa shape index (κ3) is 6.71. The maximum atomic E-state index is 13.6. The Morgan fingerprint density at radius 3 is 2.17 bits per heavy atom. The predicted molar refractivity (Wildman–Crippen MR) is 144 cm³/mol. The molecule has 0 atom stereocenters. The van der Waals surface area contributed by atoms with E-state index in [-0.39, 0.29) is 30.7 Å². The van der Waals surface area contributed by atoms with Gasteiger partial charge in [0.2, 0.25) is 5.96 Å². The van der Waals surface area contributed by atoms with Gasteiger partial charge in [-0.1, -0.05) is 18.6 Å². The molecule has 1 aromatic heterocycles. The van der Waals surface area contributed by atoms with Crippen molar-refractivity contribution in [1.82, 2.24) is 26.0 Å². The number of hydrazine groups is 2. The van der Waals surface area contributed by atoms with E-state index in [1.165, 1.54) is 11.5 Å². The van der Waals surface area contributed by atoms with Gasteiger partial charge in [0, 0.05) is 38.8 Å². The number of alkyl halides is 6. The van der Waals surface area contributed by atoms with Gasteiger partial charge in [-0.05, 0) is 73.6 Å². The van der Waals surface area contributed by atoms with Gasteiger partial charge in [0.1, 0.15) is 5.82 Å². The number of halogens is 6. The molecule has 1 aromatic carbocycles. The number of nitrogens with one attached hydrogen (secondary N) is 2. The van der Waals surface area contributed by atoms with Crippen molar-refractivity contribution in [3.8, 4) is 0 Å². The van der Waals surface area contributed by atoms with Gasteiger partial charge in [0.25, 0.3) is 0 Å². The molecule has 7 nitrogen and oxygen atoms in total. The molecule has 2 aromatic rings. The molecule has 1 saturated carbocycles. The zero-order valence-electron chi connectivity index (χ0n) is 22.9. The Morgan fingerprint density at radius 1 is 0.927 bits per heavy atom. The molecule has 2 heterocycles. The Hall–Kier alpha value is -3.48. The summed E-state index contributed by atoms with van der Waals surface area (Å²) in [6.07, 6.45) is -0.414. The molecule has 0 spiro atoms. The van der Waals surface area contributed by atoms with Crippen LogP contribution in [0.25, 0.3) is 12.2 Å². The molecule has 0 radical (unpaired) electrons. The van der Waals surface area contributed by atoms with Crippen molar-refractivity contribution < 1.29 is 26.3 Å². The Balaban J connectivity index is 1.56. The maximum absolute atomic E-state index is 13.6. The van der Waals surface area contributed by atoms with Crippen LogP contribution >= 0.6 is 0 Å². The van der Waals surface area contributed by atoms with Crippen LogP contribution in [0.15, 0.2) is 29.4 Å². The second-order valence-electron chi connectivity index (χ2n) is 10.7. The normalized spacial score (nSPS) is 17.4. The van der Waals surface area contributed by atoms with Gasteiger partial charge >= 0.3 is 12.4 Å². The number of benzene rings is 1. The van der Waals surface area contributed by atoms with E-state index >= 15 is 0 Å². The topological polar surface area (TPSA) is 59.0 Å². The zero-order valence-corrected chi connectivity index (χ0v) is 22.9. The van der Waals surface area contributed by atoms with E-state index in [0.29, 0.717) is 12.5 Å². The van der Waals surface area contributed by atoms with Crippen LogP contribution in [-0.4, -0.2) is 41.1 Å². The molecular formula is C28H33F6N7. The number of rotatable bonds is 8. The number of pyridine rings is 1. The second kappa shape index (κ2) is 11.4. The van der Waals surface area contributed by atoms with Gasteiger partial charge in [-0.15, -0.1) is 10.2 Å². The molecule has 41 heavy (non-hydrogen) atoms. The van der Waals surface area contributed by atoms with Gasteiger partial charge in [0.05, 0.1) is 16.5 Å². The second-order valence-corrected chi connectivity index (χ2v) is 10.7. The van der Waals surface area contributed by atoms with Crippen LogP contribution in [0.5, 0.6) is 0 Å². The van der Waals surface area contributed by atoms with E-state index in [9.17, 15) is 26.3 Å². The van der Waals surface area contributed by atoms with Crippen molar-refractivity contribution in [3.63, 3.8) is 0 Å². The number of fused-ring (bicyclic) bond motifs is 1. The fourth-order valence-corrected chi connectivity index (χ4v) is 5.31. The molecule has 5 rings (SSSR count). The van der Waals surface area contributed by atoms with Crippen molar-refractivity contribution in [2.45, 2.75) is 64.5 Å². The third-order valence-corrected chi connectivity index (χ3v) is 7.65. The van der Waals surface area contributed by atoms with E-state index in [4.69, 9.17) is 4.98 Å². The summed E-state index contributed by atoms with van der Waals surface area (Å²) in [5.74, 6) is 1.60. The first kappa shape index (κ1) is 29.0. The largest absolute Gasteiger partial charge is 0.416 e. The number of hydrogen-bond donors (Lipinski definition) is 2. The van der Waals surface area contributed by atoms with Crippen molar-refractivity contribution in [1.29, 1.82) is 0 Å². The first-order chi connectivity index (χ1) is 19.4. The predicted octanol–water partition coefficient (Wildman–Crippen LogP) is 4.33. The van der Waals surface area contributed by atoms with E-state index < -0.39 is 23.5 Å². The van der Waals surface area contributed by atoms with Gasteiger partial charge in [0.15, 0.2) is 0 Å². The average molecular weight is 582 g/mol. The lowest BCUT2D eigenvalue weighted by molar-refractivity contribution is -0.143. The van der Waals surface area contributed by atoms with Crippen molar-refractivity contribution in [2.75, 3.05) is 25.0 Å². The fraction of sp³-hybridized carbons (Fsp3) is 0.500. The minimum atomic E-state index is -4.93. The van der Waals surface area contributed by atoms with E-state index in [2.05, 4.69) is 40.0 Å². The minimum absolute atomic E-state index is 0.139. The molecule has 0 bridgehead atoms. The molecule has 0 unspecified atom stereocenters. The SMILES string of the molecule is CCN(CC1CCC1)c1nc2c(cc1CN(Cc1cc(C(F)(F)F)cc(C(F)(F)F)c1)C1=NNN(C)N1)=CCCC=2. The number of guanidine groups is 1. The number of hydrazone groups is 1. The summed E-state index contributed by atoms with van der Waals surface area (Å²) in [4.78, 5) is 8.87. The Labute approximate surface area is 234 Å². The lowest BCUT2D eigenvalue weighted by Gasteiger charge is -2.34. The highest BCUT2D eigenvalue weighted by molar-refractivity contribution is 5.80. The van der Waals surface area contributed by atoms with Crippen molar-refractivity contribution >= 4 is 23.9 Å². The molecule has 1 aliphatic heterocycles. The van der Waals surface area contributed by atoms with Gasteiger partial charge < -0.3 is 9.80 Å². The van der Waals surface area contributed by atoms with Crippen LogP contribution in [-0.2, 0) is 25.4 Å². The third-order valence-electron chi connectivity index (χ3n) is 7.65. The highest BCUT2D eigenvalue weighted by atomic mass is 19.4. The summed E-state index contributed by atoms with van der Waals surface area (Å²) < 4.78 is 81.6. The molecular weight excluding hydrogens is 548 g/mol. The van der Waals surface area contributed by atoms with Crippen LogP contribution in [0, 0.1) is 5.92 Å². The molecule has 1 fully saturated rings. The standard InChI is InChI=1S/C28H33F6N7/c1-3-40(15-18-7-6-8-18)25-21(13-20-9-4-5-10-24(20)35-25)17-41(26-36-38-39(2)37-26)16-19-11-22(27(29,30)31)14-23(12-19)28(32,33)34/h9-14,18,38H,3-8,15-17H2,1-2H3,(H,36,37). The number of anilines is 1. The summed E-state index contributed by atoms with van der Waals surface area (Å²) in [5.41, 5.74) is 3.65. The zero-order chi connectivity index (χ0) is 29.4. The number of nitrogens with zero attached hydrogens (tertiary/aromatic N) is 5. The van der Waals surface area contributed by atoms with Crippen LogP contribution in [0.3, 0.4) is 0 Å². The van der Waals surface area contributed by atoms with Crippen LogP contribution < -0.4 is 26.4 Å². The van der Waals surface area contributed by atoms with Crippen LogP contribution in [0.2, 0.25) is 0 Å². The van der Waals surface area contributed by atoms with Gasteiger partial charge in [-0.25, -0.2) is 10.5 Å². The summed E-state index contributed by atoms with van der Waals surface area (Å²) >= 11 is 0. The molecule has 222 valence electrons. The van der Waals surface area contributed by atoms with Crippen LogP contribution in [0.1, 0.15) is 61.3 Å². The fourth-order valence-electron chi connectivity index (χ4n) is 5.31. The lowest BCUT2D eigenvalue weighted by Crippen LogP contribution is -2.45. The summed E-state index contributed by atoms with van der Waals surface area (Å²) in [7, 11) is 1.65. The smallest absolute Gasteiger partial charge is 0.356 e. The molecule has 3 aliphatic rings. The quantitative estimate of drug-likeness (QED) is 0.453. The molecule has 2 N–H and O–H groups in total. The summed E-state index contributed by atoms with van der Waals surface area (Å²) in [5, 5.41) is 7.51. The lowest BCUT2D eigenvalue weighted by atomic mass is 9.85. The Morgan fingerprint density at radius 2 is 1.61 bits per heavy atom. The Bertz CT molecular complexity index is 1380. The minimum Gasteiger partial charge on any atom is -0.356 e. The molecule has 0 amide bonds. The van der Waals surface area contributed by atoms with E-state index in [1.807, 2.05) is 6.07 Å². The number of hydrogen-bond acceptors (Lipinski definition) is 7. The Kier molecular flexibility index (Phi) is 8.09. The summed E-state index contributed by atoms with van der Waals surface area (Å²) in [6.45, 7) is 3.51. The van der Waals surface area contributed by atoms with E-state index in [1.54, 1.807) is 11.9 Å². The molecule has 13 heteroatoms. The van der Waals surface area contributed by atoms with Gasteiger partial charge in [-0.2, -0.15) is 26.3 Å². The highest BCUT2D eigenvalue weighted by Crippen LogP contribution is 2.37. The first-order valence-corrected chi connectivity index (χ1v) is 13.7. The highest BCUT2D eigenvalue weighted by Gasteiger charge is 2.37. The molecule has 0 saturated heterocycles. The summed E-state index contributed by atoms with van der Waals surface area (Å²) in [6, 6.07) is 3.70. The first-order valence-electron chi connectivity index (χ1n) is 13.7. The van der Waals surface area contributed by atoms with Crippen LogP contribution in [0.4, 0.5) is 32.2 Å². The van der Waals surface area contributed by atoms with Crippen molar-refractivity contribution in [3.05, 3.63) is 57.1 Å². The monoisotopic (exact) mass is 581 g/mol. The van der Waals surface area contributed by atoms with Gasteiger partial charge in [-0.3, -0.25) is 5.43 Å². The average Bonchev–Trinajstić information content (AvgIpc) is 3.32. The maximum Gasteiger partial charge on any atom is 0.416 e. The number of aromatic nitrogens is 1. The van der Waals surface area contributed by atoms with Crippen molar-refractivity contribution in [2.24, 2.45) is 11.0 Å². The van der Waals surface area contributed by atoms with E-state index in [0.717, 1.165) is 66.3 Å².